The number of hydrogen-bond donors (Lipinski definition) is 1. The van der Waals surface area contributed by atoms with Crippen LogP contribution in [0.2, 0.25) is 0 Å². The molecule has 0 saturated heterocycles. The highest BCUT2D eigenvalue weighted by atomic mass is 32.1. The number of benzene rings is 3. The van der Waals surface area contributed by atoms with Crippen LogP contribution in [0, 0.1) is 13.8 Å². The van der Waals surface area contributed by atoms with Gasteiger partial charge in [0.2, 0.25) is 5.91 Å². The van der Waals surface area contributed by atoms with Gasteiger partial charge in [0.15, 0.2) is 10.9 Å². The SMILES string of the molecule is COc1ccc(-c2sc(NC(=O)CCC(=O)c3ccc(C)cc3C)nc2-c2ccccc2)cc1. The molecular weight excluding hydrogens is 444 g/mol. The molecule has 1 amide bonds. The van der Waals surface area contributed by atoms with Gasteiger partial charge in [-0.05, 0) is 49.2 Å². The summed E-state index contributed by atoms with van der Waals surface area (Å²) in [6.07, 6.45) is 0.252. The number of aryl methyl sites for hydroxylation is 2. The van der Waals surface area contributed by atoms with E-state index in [1.54, 1.807) is 7.11 Å². The topological polar surface area (TPSA) is 68.3 Å². The highest BCUT2D eigenvalue weighted by Crippen LogP contribution is 2.39. The Kier molecular flexibility index (Phi) is 7.18. The molecule has 0 aliphatic carbocycles. The Hall–Kier alpha value is -3.77. The van der Waals surface area contributed by atoms with Crippen molar-refractivity contribution in [2.24, 2.45) is 0 Å². The van der Waals surface area contributed by atoms with Gasteiger partial charge in [-0.2, -0.15) is 0 Å². The minimum atomic E-state index is -0.229. The van der Waals surface area contributed by atoms with Gasteiger partial charge in [0.25, 0.3) is 0 Å². The third kappa shape index (κ3) is 5.41. The predicted octanol–water partition coefficient (Wildman–Crippen LogP) is 6.70. The van der Waals surface area contributed by atoms with Crippen LogP contribution in [-0.4, -0.2) is 23.8 Å². The Morgan fingerprint density at radius 1 is 0.912 bits per heavy atom. The zero-order valence-corrected chi connectivity index (χ0v) is 20.2. The fourth-order valence-electron chi connectivity index (χ4n) is 3.77. The first kappa shape index (κ1) is 23.4. The molecule has 0 bridgehead atoms. The van der Waals surface area contributed by atoms with Crippen LogP contribution in [0.25, 0.3) is 21.7 Å². The Balaban J connectivity index is 1.51. The third-order valence-electron chi connectivity index (χ3n) is 5.53. The van der Waals surface area contributed by atoms with Crippen LogP contribution in [0.15, 0.2) is 72.8 Å². The Bertz CT molecular complexity index is 1310. The molecule has 0 aliphatic heterocycles. The minimum absolute atomic E-state index is 0.0318. The van der Waals surface area contributed by atoms with E-state index in [4.69, 9.17) is 9.72 Å². The lowest BCUT2D eigenvalue weighted by Gasteiger charge is -2.06. The number of carbonyl (C=O) groups excluding carboxylic acids is 2. The van der Waals surface area contributed by atoms with E-state index in [-0.39, 0.29) is 24.5 Å². The Morgan fingerprint density at radius 3 is 2.32 bits per heavy atom. The fraction of sp³-hybridized carbons (Fsp3) is 0.179. The van der Waals surface area contributed by atoms with Crippen molar-refractivity contribution in [1.29, 1.82) is 0 Å². The van der Waals surface area contributed by atoms with Crippen LogP contribution >= 0.6 is 11.3 Å². The molecule has 3 aromatic carbocycles. The van der Waals surface area contributed by atoms with Gasteiger partial charge in [0.05, 0.1) is 17.7 Å². The summed E-state index contributed by atoms with van der Waals surface area (Å²) in [6, 6.07) is 23.4. The molecule has 1 heterocycles. The number of amides is 1. The molecule has 0 spiro atoms. The standard InChI is InChI=1S/C28H26N2O3S/c1-18-9-14-23(19(2)17-18)24(31)15-16-25(32)29-28-30-26(20-7-5-4-6-8-20)27(34-28)21-10-12-22(33-3)13-11-21/h4-14,17H,15-16H2,1-3H3,(H,29,30,32). The molecule has 1 N–H and O–H groups in total. The molecule has 0 atom stereocenters. The second-order valence-electron chi connectivity index (χ2n) is 8.08. The maximum absolute atomic E-state index is 12.7. The van der Waals surface area contributed by atoms with Crippen molar-refractivity contribution in [3.8, 4) is 27.4 Å². The number of thiazole rings is 1. The lowest BCUT2D eigenvalue weighted by molar-refractivity contribution is -0.116. The van der Waals surface area contributed by atoms with Gasteiger partial charge in [0.1, 0.15) is 5.75 Å². The molecule has 0 aliphatic rings. The van der Waals surface area contributed by atoms with Gasteiger partial charge >= 0.3 is 0 Å². The number of anilines is 1. The van der Waals surface area contributed by atoms with Crippen molar-refractivity contribution in [3.05, 3.63) is 89.5 Å². The summed E-state index contributed by atoms with van der Waals surface area (Å²) < 4.78 is 5.27. The molecule has 0 fully saturated rings. The maximum atomic E-state index is 12.7. The summed E-state index contributed by atoms with van der Waals surface area (Å²) in [5.41, 5.74) is 5.47. The molecule has 172 valence electrons. The summed E-state index contributed by atoms with van der Waals surface area (Å²) in [4.78, 5) is 30.9. The van der Waals surface area contributed by atoms with Crippen molar-refractivity contribution in [1.82, 2.24) is 4.98 Å². The van der Waals surface area contributed by atoms with E-state index in [0.29, 0.717) is 10.7 Å². The summed E-state index contributed by atoms with van der Waals surface area (Å²) in [5, 5.41) is 3.39. The number of aromatic nitrogens is 1. The van der Waals surface area contributed by atoms with E-state index in [1.807, 2.05) is 86.6 Å². The average molecular weight is 471 g/mol. The number of Topliss-reactive ketones (excluding diaryl/α,β-unsaturated/α-hetero) is 1. The molecule has 6 heteroatoms. The number of rotatable bonds is 8. The largest absolute Gasteiger partial charge is 0.497 e. The first-order chi connectivity index (χ1) is 16.4. The number of carbonyl (C=O) groups is 2. The smallest absolute Gasteiger partial charge is 0.226 e. The van der Waals surface area contributed by atoms with Gasteiger partial charge in [-0.15, -0.1) is 0 Å². The molecular formula is C28H26N2O3S. The quantitative estimate of drug-likeness (QED) is 0.291. The lowest BCUT2D eigenvalue weighted by Crippen LogP contribution is -2.13. The number of methoxy groups -OCH3 is 1. The fourth-order valence-corrected chi connectivity index (χ4v) is 4.78. The molecule has 0 radical (unpaired) electrons. The van der Waals surface area contributed by atoms with Crippen molar-refractivity contribution < 1.29 is 14.3 Å². The Morgan fingerprint density at radius 2 is 1.65 bits per heavy atom. The Labute approximate surface area is 203 Å². The molecule has 34 heavy (non-hydrogen) atoms. The van der Waals surface area contributed by atoms with E-state index < -0.39 is 0 Å². The third-order valence-corrected chi connectivity index (χ3v) is 6.55. The lowest BCUT2D eigenvalue weighted by atomic mass is 9.99. The van der Waals surface area contributed by atoms with Crippen LogP contribution in [0.3, 0.4) is 0 Å². The number of ketones is 1. The highest BCUT2D eigenvalue weighted by molar-refractivity contribution is 7.19. The number of nitrogens with zero attached hydrogens (tertiary/aromatic N) is 1. The summed E-state index contributed by atoms with van der Waals surface area (Å²) >= 11 is 1.42. The summed E-state index contributed by atoms with van der Waals surface area (Å²) in [5.74, 6) is 0.514. The van der Waals surface area contributed by atoms with Crippen LogP contribution in [-0.2, 0) is 4.79 Å². The second-order valence-corrected chi connectivity index (χ2v) is 9.08. The van der Waals surface area contributed by atoms with E-state index in [2.05, 4.69) is 5.32 Å². The van der Waals surface area contributed by atoms with Gasteiger partial charge in [0, 0.05) is 24.0 Å². The predicted molar refractivity (Wildman–Crippen MR) is 138 cm³/mol. The van der Waals surface area contributed by atoms with Gasteiger partial charge < -0.3 is 10.1 Å². The van der Waals surface area contributed by atoms with E-state index in [0.717, 1.165) is 38.6 Å². The van der Waals surface area contributed by atoms with Gasteiger partial charge in [-0.1, -0.05) is 65.4 Å². The average Bonchev–Trinajstić information content (AvgIpc) is 3.27. The monoisotopic (exact) mass is 470 g/mol. The second kappa shape index (κ2) is 10.4. The van der Waals surface area contributed by atoms with Crippen LogP contribution in [0.1, 0.15) is 34.3 Å². The van der Waals surface area contributed by atoms with Gasteiger partial charge in [-0.25, -0.2) is 4.98 Å². The molecule has 0 saturated carbocycles. The molecule has 1 aromatic heterocycles. The van der Waals surface area contributed by atoms with E-state index in [9.17, 15) is 9.59 Å². The first-order valence-electron chi connectivity index (χ1n) is 11.1. The number of hydrogen-bond acceptors (Lipinski definition) is 5. The normalized spacial score (nSPS) is 10.7. The number of ether oxygens (including phenoxy) is 1. The summed E-state index contributed by atoms with van der Waals surface area (Å²) in [7, 11) is 1.63. The minimum Gasteiger partial charge on any atom is -0.497 e. The van der Waals surface area contributed by atoms with Crippen LogP contribution in [0.4, 0.5) is 5.13 Å². The van der Waals surface area contributed by atoms with Crippen molar-refractivity contribution in [3.63, 3.8) is 0 Å². The first-order valence-corrected chi connectivity index (χ1v) is 11.9. The van der Waals surface area contributed by atoms with Crippen molar-refractivity contribution in [2.75, 3.05) is 12.4 Å². The molecule has 5 nitrogen and oxygen atoms in total. The van der Waals surface area contributed by atoms with Crippen molar-refractivity contribution in [2.45, 2.75) is 26.7 Å². The van der Waals surface area contributed by atoms with Crippen LogP contribution < -0.4 is 10.1 Å². The highest BCUT2D eigenvalue weighted by Gasteiger charge is 2.18. The van der Waals surface area contributed by atoms with Gasteiger partial charge in [-0.3, -0.25) is 9.59 Å². The van der Waals surface area contributed by atoms with E-state index in [1.165, 1.54) is 11.3 Å². The molecule has 4 aromatic rings. The summed E-state index contributed by atoms with van der Waals surface area (Å²) in [6.45, 7) is 3.91. The molecule has 4 rings (SSSR count). The van der Waals surface area contributed by atoms with Crippen LogP contribution in [0.5, 0.6) is 5.75 Å². The number of nitrogens with one attached hydrogen (secondary N) is 1. The van der Waals surface area contributed by atoms with E-state index >= 15 is 0 Å². The molecule has 0 unspecified atom stereocenters. The maximum Gasteiger partial charge on any atom is 0.226 e. The zero-order chi connectivity index (χ0) is 24.1. The van der Waals surface area contributed by atoms with Crippen molar-refractivity contribution >= 4 is 28.2 Å². The zero-order valence-electron chi connectivity index (χ0n) is 19.4.